The van der Waals surface area contributed by atoms with Gasteiger partial charge in [-0.25, -0.2) is 18.0 Å². The highest BCUT2D eigenvalue weighted by Gasteiger charge is 2.29. The molecule has 0 aliphatic carbocycles. The second kappa shape index (κ2) is 13.2. The van der Waals surface area contributed by atoms with Crippen LogP contribution in [0, 0.1) is 13.8 Å². The minimum atomic E-state index is -4.24. The van der Waals surface area contributed by atoms with Gasteiger partial charge >= 0.3 is 11.9 Å². The van der Waals surface area contributed by atoms with E-state index in [-0.39, 0.29) is 34.2 Å². The average molecular weight is 608 g/mol. The lowest BCUT2D eigenvalue weighted by Gasteiger charge is -2.07. The zero-order valence-electron chi connectivity index (χ0n) is 22.4. The van der Waals surface area contributed by atoms with Crippen molar-refractivity contribution in [1.29, 1.82) is 0 Å². The van der Waals surface area contributed by atoms with E-state index in [0.717, 1.165) is 27.1 Å². The number of carbonyl (C=O) groups excluding carboxylic acids is 4. The normalized spacial score (nSPS) is 11.8. The van der Waals surface area contributed by atoms with Crippen LogP contribution in [0.1, 0.15) is 45.0 Å². The Balaban J connectivity index is 1.82. The fourth-order valence-electron chi connectivity index (χ4n) is 3.75. The number of allylic oxidation sites excluding steroid dienone is 1. The number of esters is 2. The fourth-order valence-corrected chi connectivity index (χ4v) is 7.03. The van der Waals surface area contributed by atoms with E-state index in [9.17, 15) is 27.6 Å². The number of thiazole rings is 1. The van der Waals surface area contributed by atoms with Gasteiger partial charge in [-0.3, -0.25) is 9.59 Å². The van der Waals surface area contributed by atoms with Gasteiger partial charge in [0.2, 0.25) is 5.91 Å². The smallest absolute Gasteiger partial charge is 0.348 e. The van der Waals surface area contributed by atoms with Gasteiger partial charge in [0.05, 0.1) is 29.0 Å². The van der Waals surface area contributed by atoms with Crippen molar-refractivity contribution in [2.24, 2.45) is 4.99 Å². The van der Waals surface area contributed by atoms with E-state index in [1.165, 1.54) is 18.3 Å². The van der Waals surface area contributed by atoms with Crippen molar-refractivity contribution >= 4 is 71.5 Å². The Morgan fingerprint density at radius 1 is 1.05 bits per heavy atom. The summed E-state index contributed by atoms with van der Waals surface area (Å²) in [5, 5.41) is 2.32. The summed E-state index contributed by atoms with van der Waals surface area (Å²) in [5.41, 5.74) is 2.02. The fraction of sp³-hybridized carbons (Fsp3) is 0.346. The van der Waals surface area contributed by atoms with Crippen LogP contribution in [0.25, 0.3) is 10.2 Å². The van der Waals surface area contributed by atoms with Crippen LogP contribution in [0.3, 0.4) is 0 Å². The first-order chi connectivity index (χ1) is 18.9. The third-order valence-electron chi connectivity index (χ3n) is 5.40. The van der Waals surface area contributed by atoms with Gasteiger partial charge in [-0.2, -0.15) is 4.99 Å². The van der Waals surface area contributed by atoms with Gasteiger partial charge in [-0.15, -0.1) is 17.9 Å². The van der Waals surface area contributed by atoms with Crippen LogP contribution in [0.15, 0.2) is 35.8 Å². The molecule has 1 aromatic carbocycles. The van der Waals surface area contributed by atoms with E-state index in [0.29, 0.717) is 11.3 Å². The van der Waals surface area contributed by atoms with Crippen LogP contribution in [0.2, 0.25) is 0 Å². The van der Waals surface area contributed by atoms with Crippen LogP contribution < -0.4 is 10.1 Å². The molecule has 2 amide bonds. The lowest BCUT2D eigenvalue weighted by atomic mass is 10.1. The first-order valence-electron chi connectivity index (χ1n) is 12.2. The van der Waals surface area contributed by atoms with Crippen LogP contribution in [-0.2, 0) is 35.4 Å². The Bertz CT molecular complexity index is 1660. The molecular formula is C26H29N3O8S3. The lowest BCUT2D eigenvalue weighted by Crippen LogP contribution is -2.28. The van der Waals surface area contributed by atoms with Gasteiger partial charge in [0.25, 0.3) is 5.91 Å². The number of benzene rings is 1. The largest absolute Gasteiger partial charge is 0.462 e. The number of aromatic nitrogens is 1. The standard InChI is InChI=1S/C26H29N3O8S3/c1-6-11-29-17-10-9-15(4)12-18(17)38-26(29)28-20(31)14-40(34,35)13-19(30)27-23-21(24(32)36-7-2)16(5)22(39-23)25(33)37-8-3/h6,9-10,12H,1,7-8,11,13-14H2,2-5H3,(H,27,30). The Kier molecular flexibility index (Phi) is 10.2. The van der Waals surface area contributed by atoms with E-state index < -0.39 is 45.1 Å². The number of carbonyl (C=O) groups is 4. The number of amides is 2. The van der Waals surface area contributed by atoms with Gasteiger partial charge in [0.15, 0.2) is 14.6 Å². The first-order valence-corrected chi connectivity index (χ1v) is 15.6. The Morgan fingerprint density at radius 2 is 1.73 bits per heavy atom. The molecule has 0 fully saturated rings. The number of ether oxygens (including phenoxy) is 2. The molecule has 0 aliphatic heterocycles. The summed E-state index contributed by atoms with van der Waals surface area (Å²) < 4.78 is 38.1. The van der Waals surface area contributed by atoms with Gasteiger partial charge < -0.3 is 19.4 Å². The number of nitrogens with zero attached hydrogens (tertiary/aromatic N) is 2. The van der Waals surface area contributed by atoms with E-state index in [1.807, 2.05) is 25.1 Å². The monoisotopic (exact) mass is 607 g/mol. The molecule has 11 nitrogen and oxygen atoms in total. The van der Waals surface area contributed by atoms with Crippen molar-refractivity contribution in [3.8, 4) is 0 Å². The van der Waals surface area contributed by atoms with Crippen molar-refractivity contribution in [1.82, 2.24) is 4.57 Å². The zero-order valence-corrected chi connectivity index (χ0v) is 24.9. The summed E-state index contributed by atoms with van der Waals surface area (Å²) in [5.74, 6) is -5.44. The number of thiophene rings is 1. The SMILES string of the molecule is C=CCn1c(=NC(=O)CS(=O)(=O)CC(=O)Nc2sc(C(=O)OCC)c(C)c2C(=O)OCC)sc2cc(C)ccc21. The second-order valence-corrected chi connectivity index (χ2v) is 12.6. The Hall–Kier alpha value is -3.62. The molecule has 3 aromatic rings. The maximum atomic E-state index is 12.7. The minimum absolute atomic E-state index is 0.0441. The molecule has 40 heavy (non-hydrogen) atoms. The predicted octanol–water partition coefficient (Wildman–Crippen LogP) is 3.40. The first kappa shape index (κ1) is 30.9. The summed E-state index contributed by atoms with van der Waals surface area (Å²) in [6, 6.07) is 5.75. The van der Waals surface area contributed by atoms with E-state index in [2.05, 4.69) is 16.9 Å². The highest BCUT2D eigenvalue weighted by molar-refractivity contribution is 7.92. The van der Waals surface area contributed by atoms with Crippen LogP contribution in [-0.4, -0.2) is 61.5 Å². The van der Waals surface area contributed by atoms with E-state index in [4.69, 9.17) is 9.47 Å². The van der Waals surface area contributed by atoms with Gasteiger partial charge in [0.1, 0.15) is 21.4 Å². The summed E-state index contributed by atoms with van der Waals surface area (Å²) in [4.78, 5) is 54.6. The molecule has 214 valence electrons. The molecule has 0 saturated heterocycles. The maximum Gasteiger partial charge on any atom is 0.348 e. The maximum absolute atomic E-state index is 12.7. The Morgan fingerprint density at radius 3 is 2.38 bits per heavy atom. The molecule has 2 heterocycles. The number of hydrogen-bond donors (Lipinski definition) is 1. The quantitative estimate of drug-likeness (QED) is 0.257. The number of aryl methyl sites for hydroxylation is 1. The van der Waals surface area contributed by atoms with Crippen molar-refractivity contribution in [2.45, 2.75) is 34.2 Å². The van der Waals surface area contributed by atoms with E-state index >= 15 is 0 Å². The molecule has 0 bridgehead atoms. The number of anilines is 1. The molecule has 2 aromatic heterocycles. The van der Waals surface area contributed by atoms with Crippen LogP contribution in [0.5, 0.6) is 0 Å². The number of fused-ring (bicyclic) bond motifs is 1. The van der Waals surface area contributed by atoms with Gasteiger partial charge in [0, 0.05) is 6.54 Å². The highest BCUT2D eigenvalue weighted by atomic mass is 32.2. The van der Waals surface area contributed by atoms with Crippen LogP contribution in [0.4, 0.5) is 5.00 Å². The molecule has 3 rings (SSSR count). The summed E-state index contributed by atoms with van der Waals surface area (Å²) in [7, 11) is -4.24. The number of sulfone groups is 1. The lowest BCUT2D eigenvalue weighted by molar-refractivity contribution is -0.115. The van der Waals surface area contributed by atoms with Crippen molar-refractivity contribution in [3.05, 3.63) is 57.2 Å². The number of rotatable bonds is 11. The molecular weight excluding hydrogens is 579 g/mol. The average Bonchev–Trinajstić information content (AvgIpc) is 3.34. The molecule has 0 unspecified atom stereocenters. The van der Waals surface area contributed by atoms with Crippen molar-refractivity contribution in [3.63, 3.8) is 0 Å². The summed E-state index contributed by atoms with van der Waals surface area (Å²) in [6.07, 6.45) is 1.64. The minimum Gasteiger partial charge on any atom is -0.462 e. The third-order valence-corrected chi connectivity index (χ3v) is 9.02. The zero-order chi connectivity index (χ0) is 29.6. The molecule has 0 spiro atoms. The summed E-state index contributed by atoms with van der Waals surface area (Å²) >= 11 is 2.01. The molecule has 0 atom stereocenters. The third kappa shape index (κ3) is 7.31. The summed E-state index contributed by atoms with van der Waals surface area (Å²) in [6.45, 7) is 10.9. The molecule has 0 radical (unpaired) electrons. The van der Waals surface area contributed by atoms with Crippen molar-refractivity contribution in [2.75, 3.05) is 30.0 Å². The molecule has 0 saturated carbocycles. The highest BCUT2D eigenvalue weighted by Crippen LogP contribution is 2.34. The van der Waals surface area contributed by atoms with Crippen LogP contribution >= 0.6 is 22.7 Å². The predicted molar refractivity (Wildman–Crippen MR) is 154 cm³/mol. The van der Waals surface area contributed by atoms with Gasteiger partial charge in [-0.05, 0) is 51.0 Å². The number of hydrogen-bond acceptors (Lipinski definition) is 10. The number of nitrogens with one attached hydrogen (secondary N) is 1. The van der Waals surface area contributed by atoms with Crippen molar-refractivity contribution < 1.29 is 37.1 Å². The molecule has 14 heteroatoms. The van der Waals surface area contributed by atoms with Gasteiger partial charge in [-0.1, -0.05) is 23.5 Å². The molecule has 1 N–H and O–H groups in total. The Labute approximate surface area is 239 Å². The van der Waals surface area contributed by atoms with E-state index in [1.54, 1.807) is 24.5 Å². The topological polar surface area (TPSA) is 150 Å². The molecule has 0 aliphatic rings. The second-order valence-electron chi connectivity index (χ2n) is 8.54.